The molecule has 4 nitrogen and oxygen atoms in total. The summed E-state index contributed by atoms with van der Waals surface area (Å²) < 4.78 is 5.13. The fourth-order valence-electron chi connectivity index (χ4n) is 1.73. The first-order valence-corrected chi connectivity index (χ1v) is 7.30. The van der Waals surface area contributed by atoms with Gasteiger partial charge in [-0.15, -0.1) is 0 Å². The number of carbonyl (C=O) groups excluding carboxylic acids is 1. The summed E-state index contributed by atoms with van der Waals surface area (Å²) >= 11 is 0. The molecule has 0 saturated carbocycles. The van der Waals surface area contributed by atoms with Crippen molar-refractivity contribution in [2.45, 2.75) is 52.4 Å². The summed E-state index contributed by atoms with van der Waals surface area (Å²) in [5.74, 6) is -1.91. The molecule has 0 aromatic rings. The molecule has 0 fully saturated rings. The predicted octanol–water partition coefficient (Wildman–Crippen LogP) is 3.72. The Balaban J connectivity index is 4.16. The van der Waals surface area contributed by atoms with Gasteiger partial charge in [0.1, 0.15) is 0 Å². The first-order chi connectivity index (χ1) is 9.61. The third-order valence-corrected chi connectivity index (χ3v) is 2.77. The third kappa shape index (κ3) is 10.4. The highest BCUT2D eigenvalue weighted by Gasteiger charge is 2.22. The lowest BCUT2D eigenvalue weighted by molar-refractivity contribution is -0.153. The number of esters is 1. The van der Waals surface area contributed by atoms with E-state index < -0.39 is 17.9 Å². The topological polar surface area (TPSA) is 63.6 Å². The minimum atomic E-state index is -0.961. The van der Waals surface area contributed by atoms with E-state index in [9.17, 15) is 9.59 Å². The zero-order chi connectivity index (χ0) is 15.2. The molecule has 1 N–H and O–H groups in total. The van der Waals surface area contributed by atoms with Gasteiger partial charge in [-0.1, -0.05) is 38.2 Å². The van der Waals surface area contributed by atoms with Crippen LogP contribution in [0.15, 0.2) is 24.3 Å². The Bertz CT molecular complexity index is 331. The molecule has 0 aliphatic heterocycles. The van der Waals surface area contributed by atoms with Gasteiger partial charge in [0, 0.05) is 0 Å². The average Bonchev–Trinajstić information content (AvgIpc) is 2.41. The lowest BCUT2D eigenvalue weighted by atomic mass is 9.99. The van der Waals surface area contributed by atoms with Crippen LogP contribution in [0.1, 0.15) is 52.4 Å². The van der Waals surface area contributed by atoms with E-state index in [0.717, 1.165) is 12.8 Å². The molecule has 1 atom stereocenters. The lowest BCUT2D eigenvalue weighted by Gasteiger charge is -2.12. The van der Waals surface area contributed by atoms with Gasteiger partial charge in [0.15, 0.2) is 0 Å². The van der Waals surface area contributed by atoms with Gasteiger partial charge in [-0.25, -0.2) is 0 Å². The van der Waals surface area contributed by atoms with Crippen molar-refractivity contribution in [2.24, 2.45) is 5.92 Å². The van der Waals surface area contributed by atoms with Crippen LogP contribution < -0.4 is 0 Å². The molecule has 1 unspecified atom stereocenters. The fraction of sp³-hybridized carbons (Fsp3) is 0.625. The predicted molar refractivity (Wildman–Crippen MR) is 79.4 cm³/mol. The quantitative estimate of drug-likeness (QED) is 0.356. The van der Waals surface area contributed by atoms with E-state index in [-0.39, 0.29) is 6.42 Å². The molecular formula is C16H26O4. The van der Waals surface area contributed by atoms with Crippen molar-refractivity contribution in [3.8, 4) is 0 Å². The number of carboxylic acid groups (broad SMARTS) is 1. The normalized spacial score (nSPS) is 12.9. The summed E-state index contributed by atoms with van der Waals surface area (Å²) in [7, 11) is 0. The summed E-state index contributed by atoms with van der Waals surface area (Å²) in [5, 5.41) is 8.84. The third-order valence-electron chi connectivity index (χ3n) is 2.77. The second kappa shape index (κ2) is 12.5. The van der Waals surface area contributed by atoms with Gasteiger partial charge in [0.05, 0.1) is 18.9 Å². The van der Waals surface area contributed by atoms with Crippen molar-refractivity contribution in [1.82, 2.24) is 0 Å². The van der Waals surface area contributed by atoms with Gasteiger partial charge < -0.3 is 9.84 Å². The van der Waals surface area contributed by atoms with Crippen molar-refractivity contribution in [3.63, 3.8) is 0 Å². The van der Waals surface area contributed by atoms with Crippen LogP contribution in [0.3, 0.4) is 0 Å². The van der Waals surface area contributed by atoms with Crippen molar-refractivity contribution in [1.29, 1.82) is 0 Å². The van der Waals surface area contributed by atoms with Crippen molar-refractivity contribution in [3.05, 3.63) is 24.3 Å². The van der Waals surface area contributed by atoms with Gasteiger partial charge in [0.25, 0.3) is 0 Å². The standard InChI is InChI=1S/C16H26O4/c1-3-5-7-9-11-14(13-15(17)18)16(19)20-12-10-8-6-4-2/h5-8,14H,3-4,9-13H2,1-2H3,(H,17,18)/b7-5-,8-6-. The molecular weight excluding hydrogens is 256 g/mol. The fourth-order valence-corrected chi connectivity index (χ4v) is 1.73. The number of carboxylic acids is 1. The van der Waals surface area contributed by atoms with Crippen LogP contribution >= 0.6 is 0 Å². The van der Waals surface area contributed by atoms with Crippen LogP contribution in [0.2, 0.25) is 0 Å². The van der Waals surface area contributed by atoms with Crippen molar-refractivity contribution < 1.29 is 19.4 Å². The van der Waals surface area contributed by atoms with Gasteiger partial charge in [0.2, 0.25) is 0 Å². The number of hydrogen-bond donors (Lipinski definition) is 1. The molecule has 0 bridgehead atoms. The maximum Gasteiger partial charge on any atom is 0.309 e. The minimum absolute atomic E-state index is 0.163. The SMILES string of the molecule is CC/C=C\CCOC(=O)C(CC/C=C\CC)CC(=O)O. The molecule has 0 amide bonds. The molecule has 0 aromatic carbocycles. The molecule has 0 aromatic heterocycles. The second-order valence-corrected chi connectivity index (χ2v) is 4.59. The van der Waals surface area contributed by atoms with E-state index in [1.807, 2.05) is 38.2 Å². The van der Waals surface area contributed by atoms with E-state index in [2.05, 4.69) is 0 Å². The highest BCUT2D eigenvalue weighted by atomic mass is 16.5. The van der Waals surface area contributed by atoms with E-state index in [1.165, 1.54) is 0 Å². The number of ether oxygens (including phenoxy) is 1. The monoisotopic (exact) mass is 282 g/mol. The zero-order valence-electron chi connectivity index (χ0n) is 12.5. The van der Waals surface area contributed by atoms with Gasteiger partial charge in [-0.2, -0.15) is 0 Å². The molecule has 0 rings (SSSR count). The molecule has 20 heavy (non-hydrogen) atoms. The first kappa shape index (κ1) is 18.4. The van der Waals surface area contributed by atoms with Crippen LogP contribution in [0.25, 0.3) is 0 Å². The Labute approximate surface area is 121 Å². The van der Waals surface area contributed by atoms with E-state index in [0.29, 0.717) is 25.9 Å². The summed E-state index contributed by atoms with van der Waals surface area (Å²) in [6.45, 7) is 4.38. The molecule has 0 heterocycles. The Morgan fingerprint density at radius 1 is 1.05 bits per heavy atom. The number of carbonyl (C=O) groups is 2. The summed E-state index contributed by atoms with van der Waals surface area (Å²) in [5.41, 5.74) is 0. The largest absolute Gasteiger partial charge is 0.481 e. The van der Waals surface area contributed by atoms with E-state index in [1.54, 1.807) is 0 Å². The van der Waals surface area contributed by atoms with E-state index in [4.69, 9.17) is 9.84 Å². The van der Waals surface area contributed by atoms with Crippen LogP contribution in [0.4, 0.5) is 0 Å². The molecule has 0 aliphatic carbocycles. The van der Waals surface area contributed by atoms with Gasteiger partial charge in [-0.05, 0) is 32.1 Å². The van der Waals surface area contributed by atoms with Crippen molar-refractivity contribution in [2.75, 3.05) is 6.61 Å². The number of allylic oxidation sites excluding steroid dienone is 3. The number of rotatable bonds is 11. The average molecular weight is 282 g/mol. The van der Waals surface area contributed by atoms with Crippen LogP contribution in [0.5, 0.6) is 0 Å². The minimum Gasteiger partial charge on any atom is -0.481 e. The van der Waals surface area contributed by atoms with E-state index >= 15 is 0 Å². The van der Waals surface area contributed by atoms with Crippen LogP contribution in [-0.4, -0.2) is 23.7 Å². The van der Waals surface area contributed by atoms with Gasteiger partial charge in [-0.3, -0.25) is 9.59 Å². The highest BCUT2D eigenvalue weighted by molar-refractivity contribution is 5.79. The van der Waals surface area contributed by atoms with Crippen molar-refractivity contribution >= 4 is 11.9 Å². The Morgan fingerprint density at radius 2 is 1.65 bits per heavy atom. The summed E-state index contributed by atoms with van der Waals surface area (Å²) in [4.78, 5) is 22.6. The molecule has 0 radical (unpaired) electrons. The second-order valence-electron chi connectivity index (χ2n) is 4.59. The van der Waals surface area contributed by atoms with Crippen LogP contribution in [0, 0.1) is 5.92 Å². The van der Waals surface area contributed by atoms with Gasteiger partial charge >= 0.3 is 11.9 Å². The highest BCUT2D eigenvalue weighted by Crippen LogP contribution is 2.14. The summed E-state index contributed by atoms with van der Waals surface area (Å²) in [6.07, 6.45) is 11.6. The Morgan fingerprint density at radius 3 is 2.20 bits per heavy atom. The van der Waals surface area contributed by atoms with Crippen LogP contribution in [-0.2, 0) is 14.3 Å². The molecule has 0 saturated heterocycles. The summed E-state index contributed by atoms with van der Waals surface area (Å²) in [6, 6.07) is 0. The molecule has 0 spiro atoms. The Kier molecular flexibility index (Phi) is 11.5. The smallest absolute Gasteiger partial charge is 0.309 e. The number of hydrogen-bond acceptors (Lipinski definition) is 3. The molecule has 4 heteroatoms. The Hall–Kier alpha value is -1.58. The molecule has 0 aliphatic rings. The number of aliphatic carboxylic acids is 1. The first-order valence-electron chi connectivity index (χ1n) is 7.30. The zero-order valence-corrected chi connectivity index (χ0v) is 12.5. The maximum absolute atomic E-state index is 11.8. The maximum atomic E-state index is 11.8. The lowest BCUT2D eigenvalue weighted by Crippen LogP contribution is -2.21. The molecule has 114 valence electrons.